The second-order valence-electron chi connectivity index (χ2n) is 4.05. The Morgan fingerprint density at radius 2 is 2.24 bits per heavy atom. The first-order valence-electron chi connectivity index (χ1n) is 5.50. The Labute approximate surface area is 107 Å². The third-order valence-electron chi connectivity index (χ3n) is 3.03. The average molecular weight is 296 g/mol. The van der Waals surface area contributed by atoms with Crippen LogP contribution < -0.4 is 5.32 Å². The van der Waals surface area contributed by atoms with E-state index in [1.165, 1.54) is 11.8 Å². The molecule has 2 nitrogen and oxygen atoms in total. The lowest BCUT2D eigenvalue weighted by Gasteiger charge is -2.12. The fourth-order valence-corrected chi connectivity index (χ4v) is 2.61. The number of hydrogen-bond donors (Lipinski definition) is 1. The molecule has 2 heterocycles. The van der Waals surface area contributed by atoms with E-state index in [1.807, 2.05) is 12.1 Å². The van der Waals surface area contributed by atoms with E-state index in [0.717, 1.165) is 18.7 Å². The summed E-state index contributed by atoms with van der Waals surface area (Å²) in [5.41, 5.74) is 2.74. The third kappa shape index (κ3) is 1.76. The zero-order valence-electron chi connectivity index (χ0n) is 9.04. The van der Waals surface area contributed by atoms with Crippen LogP contribution in [0.4, 0.5) is 10.1 Å². The van der Waals surface area contributed by atoms with E-state index in [9.17, 15) is 4.39 Å². The summed E-state index contributed by atoms with van der Waals surface area (Å²) >= 11 is 3.29. The maximum absolute atomic E-state index is 14.5. The van der Waals surface area contributed by atoms with E-state index in [0.29, 0.717) is 15.8 Å². The van der Waals surface area contributed by atoms with Crippen molar-refractivity contribution in [3.05, 3.63) is 51.9 Å². The van der Waals surface area contributed by atoms with Crippen LogP contribution >= 0.6 is 15.9 Å². The molecule has 1 unspecified atom stereocenters. The number of rotatable bonds is 2. The zero-order valence-corrected chi connectivity index (χ0v) is 10.6. The molecule has 0 bridgehead atoms. The van der Waals surface area contributed by atoms with Crippen LogP contribution in [-0.4, -0.2) is 6.54 Å². The van der Waals surface area contributed by atoms with Gasteiger partial charge < -0.3 is 9.73 Å². The van der Waals surface area contributed by atoms with Crippen LogP contribution in [0.15, 0.2) is 39.4 Å². The van der Waals surface area contributed by atoms with Gasteiger partial charge >= 0.3 is 0 Å². The lowest BCUT2D eigenvalue weighted by molar-refractivity contribution is 0.331. The maximum Gasteiger partial charge on any atom is 0.186 e. The molecular weight excluding hydrogens is 285 g/mol. The van der Waals surface area contributed by atoms with Gasteiger partial charge in [-0.1, -0.05) is 18.2 Å². The standard InChI is InChI=1S/C13H11BrFNO/c14-10-5-7-17-13(10)11(15)9-3-1-2-8-4-6-16-12(8)9/h1-3,5,7,11,16H,4,6H2. The largest absolute Gasteiger partial charge is 0.465 e. The van der Waals surface area contributed by atoms with E-state index in [4.69, 9.17) is 4.42 Å². The van der Waals surface area contributed by atoms with Gasteiger partial charge in [-0.3, -0.25) is 0 Å². The van der Waals surface area contributed by atoms with Crippen LogP contribution in [0, 0.1) is 0 Å². The third-order valence-corrected chi connectivity index (χ3v) is 3.68. The Balaban J connectivity index is 2.05. The summed E-state index contributed by atoms with van der Waals surface area (Å²) in [5.74, 6) is 0.326. The number of alkyl halides is 1. The minimum Gasteiger partial charge on any atom is -0.465 e. The van der Waals surface area contributed by atoms with Gasteiger partial charge in [0, 0.05) is 17.8 Å². The summed E-state index contributed by atoms with van der Waals surface area (Å²) in [6, 6.07) is 7.43. The molecule has 4 heteroatoms. The molecule has 1 aromatic carbocycles. The number of fused-ring (bicyclic) bond motifs is 1. The molecule has 1 atom stereocenters. The van der Waals surface area contributed by atoms with E-state index >= 15 is 0 Å². The van der Waals surface area contributed by atoms with Gasteiger partial charge in [-0.05, 0) is 34.0 Å². The molecule has 88 valence electrons. The van der Waals surface area contributed by atoms with Crippen LogP contribution in [0.1, 0.15) is 23.1 Å². The van der Waals surface area contributed by atoms with E-state index in [2.05, 4.69) is 21.2 Å². The molecule has 0 aliphatic carbocycles. The summed E-state index contributed by atoms with van der Waals surface area (Å²) in [7, 11) is 0. The van der Waals surface area contributed by atoms with Crippen molar-refractivity contribution >= 4 is 21.6 Å². The first-order valence-corrected chi connectivity index (χ1v) is 6.29. The number of para-hydroxylation sites is 1. The topological polar surface area (TPSA) is 25.2 Å². The highest BCUT2D eigenvalue weighted by Gasteiger charge is 2.25. The van der Waals surface area contributed by atoms with Gasteiger partial charge in [0.1, 0.15) is 0 Å². The Kier molecular flexibility index (Phi) is 2.67. The van der Waals surface area contributed by atoms with Crippen molar-refractivity contribution < 1.29 is 8.81 Å². The fourth-order valence-electron chi connectivity index (χ4n) is 2.20. The van der Waals surface area contributed by atoms with Crippen LogP contribution in [0.25, 0.3) is 0 Å². The molecule has 0 saturated heterocycles. The molecule has 1 aliphatic heterocycles. The monoisotopic (exact) mass is 295 g/mol. The van der Waals surface area contributed by atoms with Crippen LogP contribution in [0.5, 0.6) is 0 Å². The van der Waals surface area contributed by atoms with Crippen molar-refractivity contribution in [2.45, 2.75) is 12.6 Å². The number of hydrogen-bond acceptors (Lipinski definition) is 2. The molecule has 0 radical (unpaired) electrons. The summed E-state index contributed by atoms with van der Waals surface area (Å²) in [6.07, 6.45) is 1.21. The molecule has 17 heavy (non-hydrogen) atoms. The van der Waals surface area contributed by atoms with Gasteiger partial charge in [0.2, 0.25) is 0 Å². The maximum atomic E-state index is 14.5. The van der Waals surface area contributed by atoms with Crippen molar-refractivity contribution in [2.75, 3.05) is 11.9 Å². The minimum absolute atomic E-state index is 0.326. The fraction of sp³-hybridized carbons (Fsp3) is 0.231. The van der Waals surface area contributed by atoms with E-state index < -0.39 is 6.17 Å². The first kappa shape index (κ1) is 10.8. The van der Waals surface area contributed by atoms with Crippen molar-refractivity contribution in [2.24, 2.45) is 0 Å². The summed E-state index contributed by atoms with van der Waals surface area (Å²) in [5, 5.41) is 3.23. The van der Waals surface area contributed by atoms with Crippen LogP contribution in [0.2, 0.25) is 0 Å². The molecule has 1 N–H and O–H groups in total. The number of nitrogens with one attached hydrogen (secondary N) is 1. The quantitative estimate of drug-likeness (QED) is 0.903. The van der Waals surface area contributed by atoms with Crippen molar-refractivity contribution in [1.29, 1.82) is 0 Å². The van der Waals surface area contributed by atoms with Crippen LogP contribution in [-0.2, 0) is 6.42 Å². The Morgan fingerprint density at radius 1 is 1.35 bits per heavy atom. The van der Waals surface area contributed by atoms with Gasteiger partial charge in [-0.25, -0.2) is 4.39 Å². The zero-order chi connectivity index (χ0) is 11.8. The van der Waals surface area contributed by atoms with Crippen molar-refractivity contribution in [1.82, 2.24) is 0 Å². The summed E-state index contributed by atoms with van der Waals surface area (Å²) in [6.45, 7) is 0.873. The van der Waals surface area contributed by atoms with Crippen molar-refractivity contribution in [3.8, 4) is 0 Å². The Morgan fingerprint density at radius 3 is 3.00 bits per heavy atom. The SMILES string of the molecule is FC(c1cccc2c1NCC2)c1occc1Br. The summed E-state index contributed by atoms with van der Waals surface area (Å²) in [4.78, 5) is 0. The summed E-state index contributed by atoms with van der Waals surface area (Å²) < 4.78 is 20.3. The van der Waals surface area contributed by atoms with E-state index in [1.54, 1.807) is 12.1 Å². The van der Waals surface area contributed by atoms with E-state index in [-0.39, 0.29) is 0 Å². The van der Waals surface area contributed by atoms with Crippen LogP contribution in [0.3, 0.4) is 0 Å². The van der Waals surface area contributed by atoms with Gasteiger partial charge in [0.25, 0.3) is 0 Å². The van der Waals surface area contributed by atoms with Gasteiger partial charge in [-0.15, -0.1) is 0 Å². The highest BCUT2D eigenvalue weighted by Crippen LogP contribution is 2.38. The van der Waals surface area contributed by atoms with Gasteiger partial charge in [0.05, 0.1) is 10.7 Å². The lowest BCUT2D eigenvalue weighted by atomic mass is 10.0. The van der Waals surface area contributed by atoms with Gasteiger partial charge in [0.15, 0.2) is 11.9 Å². The number of furan rings is 1. The molecule has 0 fully saturated rings. The molecule has 3 rings (SSSR count). The molecular formula is C13H11BrFNO. The predicted octanol–water partition coefficient (Wildman–Crippen LogP) is 4.07. The normalized spacial score (nSPS) is 15.4. The predicted molar refractivity (Wildman–Crippen MR) is 68.0 cm³/mol. The average Bonchev–Trinajstić information content (AvgIpc) is 2.95. The van der Waals surface area contributed by atoms with Gasteiger partial charge in [-0.2, -0.15) is 0 Å². The number of anilines is 1. The molecule has 0 spiro atoms. The molecule has 0 amide bonds. The Bertz CT molecular complexity index is 552. The smallest absolute Gasteiger partial charge is 0.186 e. The highest BCUT2D eigenvalue weighted by molar-refractivity contribution is 9.10. The lowest BCUT2D eigenvalue weighted by Crippen LogP contribution is -2.00. The highest BCUT2D eigenvalue weighted by atomic mass is 79.9. The molecule has 0 saturated carbocycles. The molecule has 1 aromatic heterocycles. The minimum atomic E-state index is -1.24. The number of benzene rings is 1. The molecule has 1 aliphatic rings. The van der Waals surface area contributed by atoms with Crippen molar-refractivity contribution in [3.63, 3.8) is 0 Å². The Hall–Kier alpha value is -1.29. The molecule has 2 aromatic rings. The first-order chi connectivity index (χ1) is 8.27. The second kappa shape index (κ2) is 4.18. The second-order valence-corrected chi connectivity index (χ2v) is 4.91. The number of halogens is 2.